The quantitative estimate of drug-likeness (QED) is 0.764. The Morgan fingerprint density at radius 3 is 1.84 bits per heavy atom. The summed E-state index contributed by atoms with van der Waals surface area (Å²) in [6.07, 6.45) is 5.68. The minimum Gasteiger partial charge on any atom is -0.303 e. The third-order valence-electron chi connectivity index (χ3n) is 6.81. The van der Waals surface area contributed by atoms with Crippen LogP contribution in [-0.2, 0) is 0 Å². The van der Waals surface area contributed by atoms with Gasteiger partial charge in [0.05, 0.1) is 0 Å². The maximum absolute atomic E-state index is 2.79. The Morgan fingerprint density at radius 2 is 1.36 bits per heavy atom. The van der Waals surface area contributed by atoms with Gasteiger partial charge in [-0.3, -0.25) is 4.90 Å². The minimum absolute atomic E-state index is 0.353. The summed E-state index contributed by atoms with van der Waals surface area (Å²) in [6.45, 7) is 24.8. The van der Waals surface area contributed by atoms with Crippen LogP contribution in [0.25, 0.3) is 0 Å². The van der Waals surface area contributed by atoms with Crippen molar-refractivity contribution < 1.29 is 0 Å². The van der Waals surface area contributed by atoms with Crippen LogP contribution in [0.4, 0.5) is 0 Å². The van der Waals surface area contributed by atoms with Crippen LogP contribution in [-0.4, -0.2) is 72.6 Å². The summed E-state index contributed by atoms with van der Waals surface area (Å²) in [5.41, 5.74) is 1.48. The van der Waals surface area contributed by atoms with Gasteiger partial charge in [0.2, 0.25) is 0 Å². The fourth-order valence-electron chi connectivity index (χ4n) is 5.36. The first-order chi connectivity index (χ1) is 11.5. The topological polar surface area (TPSA) is 9.72 Å². The van der Waals surface area contributed by atoms with Crippen LogP contribution >= 0.6 is 0 Å². The molecule has 3 heterocycles. The second-order valence-corrected chi connectivity index (χ2v) is 11.6. The molecule has 0 aromatic rings. The molecule has 0 aliphatic carbocycles. The molecule has 0 unspecified atom stereocenters. The Bertz CT molecular complexity index is 421. The van der Waals surface area contributed by atoms with E-state index >= 15 is 0 Å². The van der Waals surface area contributed by atoms with Crippen molar-refractivity contribution in [2.75, 3.05) is 52.4 Å². The number of hydrogen-bond donors (Lipinski definition) is 0. The molecule has 0 N–H and O–H groups in total. The summed E-state index contributed by atoms with van der Waals surface area (Å²) < 4.78 is 0. The average Bonchev–Trinajstić information content (AvgIpc) is 2.46. The lowest BCUT2D eigenvalue weighted by molar-refractivity contribution is -0.0625. The van der Waals surface area contributed by atoms with Crippen LogP contribution in [0.5, 0.6) is 0 Å². The molecule has 0 aromatic carbocycles. The first-order valence-electron chi connectivity index (χ1n) is 10.7. The standard InChI is InChI=1S/C22H43N3/c1-20(2,3)16-24-17-22(18-24)9-13-23(14-10-22)15-19-7-11-25(12-8-19)21(4,5)6/h19H,7-18H2,1-6H3. The number of nitrogens with zero attached hydrogens (tertiary/aromatic N) is 3. The molecule has 0 bridgehead atoms. The van der Waals surface area contributed by atoms with Gasteiger partial charge in [0.15, 0.2) is 0 Å². The molecule has 3 aliphatic heterocycles. The summed E-state index contributed by atoms with van der Waals surface area (Å²) in [4.78, 5) is 8.15. The van der Waals surface area contributed by atoms with E-state index in [0.717, 1.165) is 5.92 Å². The Hall–Kier alpha value is -0.120. The van der Waals surface area contributed by atoms with E-state index in [-0.39, 0.29) is 0 Å². The van der Waals surface area contributed by atoms with Crippen molar-refractivity contribution in [3.8, 4) is 0 Å². The molecule has 3 saturated heterocycles. The Kier molecular flexibility index (Phi) is 5.60. The minimum atomic E-state index is 0.353. The van der Waals surface area contributed by atoms with Gasteiger partial charge in [0, 0.05) is 31.7 Å². The van der Waals surface area contributed by atoms with Gasteiger partial charge in [-0.2, -0.15) is 0 Å². The largest absolute Gasteiger partial charge is 0.303 e. The Labute approximate surface area is 157 Å². The second kappa shape index (κ2) is 7.13. The predicted molar refractivity (Wildman–Crippen MR) is 108 cm³/mol. The molecule has 0 atom stereocenters. The van der Waals surface area contributed by atoms with E-state index in [0.29, 0.717) is 16.4 Å². The van der Waals surface area contributed by atoms with Crippen molar-refractivity contribution in [1.29, 1.82) is 0 Å². The van der Waals surface area contributed by atoms with Crippen molar-refractivity contribution in [3.63, 3.8) is 0 Å². The van der Waals surface area contributed by atoms with Gasteiger partial charge >= 0.3 is 0 Å². The molecule has 3 fully saturated rings. The highest BCUT2D eigenvalue weighted by molar-refractivity contribution is 4.99. The maximum Gasteiger partial charge on any atom is 0.0125 e. The van der Waals surface area contributed by atoms with Gasteiger partial charge in [-0.05, 0) is 89.4 Å². The molecule has 0 saturated carbocycles. The van der Waals surface area contributed by atoms with E-state index in [4.69, 9.17) is 0 Å². The number of rotatable bonds is 3. The Morgan fingerprint density at radius 1 is 0.800 bits per heavy atom. The van der Waals surface area contributed by atoms with Crippen LogP contribution in [0.3, 0.4) is 0 Å². The summed E-state index contributed by atoms with van der Waals surface area (Å²) >= 11 is 0. The molecule has 0 amide bonds. The second-order valence-electron chi connectivity index (χ2n) is 11.6. The van der Waals surface area contributed by atoms with E-state index in [9.17, 15) is 0 Å². The molecular weight excluding hydrogens is 306 g/mol. The fraction of sp³-hybridized carbons (Fsp3) is 1.00. The van der Waals surface area contributed by atoms with Crippen LogP contribution in [0, 0.1) is 16.7 Å². The molecule has 146 valence electrons. The highest BCUT2D eigenvalue weighted by atomic mass is 15.2. The highest BCUT2D eigenvalue weighted by Crippen LogP contribution is 2.41. The predicted octanol–water partition coefficient (Wildman–Crippen LogP) is 3.94. The van der Waals surface area contributed by atoms with Crippen LogP contribution in [0.15, 0.2) is 0 Å². The fourth-order valence-corrected chi connectivity index (χ4v) is 5.36. The first-order valence-corrected chi connectivity index (χ1v) is 10.7. The van der Waals surface area contributed by atoms with Gasteiger partial charge in [0.25, 0.3) is 0 Å². The van der Waals surface area contributed by atoms with Crippen molar-refractivity contribution in [2.45, 2.75) is 72.8 Å². The SMILES string of the molecule is CC(C)(C)CN1CC2(CCN(CC3CCN(C(C)(C)C)CC3)CC2)C1. The van der Waals surface area contributed by atoms with E-state index in [2.05, 4.69) is 56.2 Å². The molecule has 3 nitrogen and oxygen atoms in total. The smallest absolute Gasteiger partial charge is 0.0125 e. The van der Waals surface area contributed by atoms with Crippen LogP contribution in [0.2, 0.25) is 0 Å². The molecule has 3 aliphatic rings. The third kappa shape index (κ3) is 5.20. The number of hydrogen-bond acceptors (Lipinski definition) is 3. The maximum atomic E-state index is 2.79. The van der Waals surface area contributed by atoms with Gasteiger partial charge in [-0.15, -0.1) is 0 Å². The van der Waals surface area contributed by atoms with Crippen molar-refractivity contribution in [1.82, 2.24) is 14.7 Å². The summed E-state index contributed by atoms with van der Waals surface area (Å²) in [5.74, 6) is 0.937. The third-order valence-corrected chi connectivity index (χ3v) is 6.81. The van der Waals surface area contributed by atoms with Crippen LogP contribution < -0.4 is 0 Å². The molecule has 0 aromatic heterocycles. The van der Waals surface area contributed by atoms with Gasteiger partial charge in [0.1, 0.15) is 0 Å². The summed E-state index contributed by atoms with van der Waals surface area (Å²) in [7, 11) is 0. The molecule has 0 radical (unpaired) electrons. The molecule has 1 spiro atoms. The molecule has 25 heavy (non-hydrogen) atoms. The van der Waals surface area contributed by atoms with Crippen LogP contribution in [0.1, 0.15) is 67.2 Å². The van der Waals surface area contributed by atoms with Crippen molar-refractivity contribution in [3.05, 3.63) is 0 Å². The van der Waals surface area contributed by atoms with Crippen molar-refractivity contribution >= 4 is 0 Å². The first kappa shape index (κ1) is 19.6. The lowest BCUT2D eigenvalue weighted by Gasteiger charge is -2.55. The van der Waals surface area contributed by atoms with E-state index in [1.807, 2.05) is 0 Å². The lowest BCUT2D eigenvalue weighted by atomic mass is 9.71. The van der Waals surface area contributed by atoms with Gasteiger partial charge in [-0.25, -0.2) is 0 Å². The summed E-state index contributed by atoms with van der Waals surface area (Å²) in [5, 5.41) is 0. The summed E-state index contributed by atoms with van der Waals surface area (Å²) in [6, 6.07) is 0. The monoisotopic (exact) mass is 349 g/mol. The zero-order valence-corrected chi connectivity index (χ0v) is 17.9. The number of likely N-dealkylation sites (tertiary alicyclic amines) is 3. The number of piperidine rings is 2. The Balaban J connectivity index is 1.36. The van der Waals surface area contributed by atoms with E-state index < -0.39 is 0 Å². The highest BCUT2D eigenvalue weighted by Gasteiger charge is 2.45. The van der Waals surface area contributed by atoms with E-state index in [1.165, 1.54) is 78.0 Å². The average molecular weight is 350 g/mol. The normalized spacial score (nSPS) is 27.6. The molecular formula is C22H43N3. The zero-order chi connectivity index (χ0) is 18.3. The zero-order valence-electron chi connectivity index (χ0n) is 17.9. The van der Waals surface area contributed by atoms with Gasteiger partial charge < -0.3 is 9.80 Å². The van der Waals surface area contributed by atoms with E-state index in [1.54, 1.807) is 0 Å². The lowest BCUT2D eigenvalue weighted by Crippen LogP contribution is -2.61. The van der Waals surface area contributed by atoms with Gasteiger partial charge in [-0.1, -0.05) is 20.8 Å². The van der Waals surface area contributed by atoms with Crippen molar-refractivity contribution in [2.24, 2.45) is 16.7 Å². The molecule has 3 rings (SSSR count). The molecule has 3 heteroatoms.